The second-order valence-electron chi connectivity index (χ2n) is 22.3. The molecule has 0 aromatic heterocycles. The van der Waals surface area contributed by atoms with Gasteiger partial charge in [-0.3, -0.25) is 24.1 Å². The lowest BCUT2D eigenvalue weighted by Crippen LogP contribution is -2.76. The molecule has 0 amide bonds. The number of ketones is 2. The summed E-state index contributed by atoms with van der Waals surface area (Å²) in [7, 11) is 0. The molecule has 4 aromatic carbocycles. The summed E-state index contributed by atoms with van der Waals surface area (Å²) in [6.45, 7) is 2.59. The summed E-state index contributed by atoms with van der Waals surface area (Å²) in [4.78, 5) is 57.0. The van der Waals surface area contributed by atoms with Gasteiger partial charge in [0, 0.05) is 48.5 Å². The molecule has 69 heavy (non-hydrogen) atoms. The fourth-order valence-corrected chi connectivity index (χ4v) is 15.3. The van der Waals surface area contributed by atoms with Crippen LogP contribution in [0, 0.1) is 29.4 Å². The second kappa shape index (κ2) is 14.6. The van der Waals surface area contributed by atoms with E-state index in [0.29, 0.717) is 61.9 Å². The van der Waals surface area contributed by atoms with Gasteiger partial charge >= 0.3 is 11.9 Å². The van der Waals surface area contributed by atoms with Crippen LogP contribution in [0.5, 0.6) is 23.0 Å². The topological polar surface area (TPSA) is 161 Å². The van der Waals surface area contributed by atoms with Gasteiger partial charge in [0.15, 0.2) is 46.8 Å². The number of Topliss-reactive ketones (excluding diaryl/α,β-unsaturated/α-hetero) is 2. The van der Waals surface area contributed by atoms with E-state index in [1.54, 1.807) is 12.1 Å². The Morgan fingerprint density at radius 2 is 1.28 bits per heavy atom. The van der Waals surface area contributed by atoms with E-state index < -0.39 is 57.8 Å². The van der Waals surface area contributed by atoms with Gasteiger partial charge in [-0.15, -0.1) is 0 Å². The maximum Gasteiger partial charge on any atom is 0.315 e. The second-order valence-corrected chi connectivity index (χ2v) is 22.3. The quantitative estimate of drug-likeness (QED) is 0.120. The van der Waals surface area contributed by atoms with Crippen LogP contribution in [0.2, 0.25) is 0 Å². The number of esters is 2. The minimum atomic E-state index is -1.18. The largest absolute Gasteiger partial charge is 0.477 e. The van der Waals surface area contributed by atoms with Crippen molar-refractivity contribution in [1.29, 1.82) is 0 Å². The lowest BCUT2D eigenvalue weighted by atomic mass is 9.44. The molecule has 3 heterocycles. The lowest BCUT2D eigenvalue weighted by molar-refractivity contribution is -0.188. The number of hydrogen-bond donors (Lipinski definition) is 3. The molecule has 10 aliphatic rings. The average molecular weight is 941 g/mol. The van der Waals surface area contributed by atoms with Crippen LogP contribution in [0.25, 0.3) is 10.8 Å². The molecule has 6 fully saturated rings. The Morgan fingerprint density at radius 3 is 1.87 bits per heavy atom. The van der Waals surface area contributed by atoms with E-state index in [1.807, 2.05) is 12.1 Å². The zero-order valence-electron chi connectivity index (χ0n) is 38.3. The molecule has 5 saturated carbocycles. The number of rotatable bonds is 11. The summed E-state index contributed by atoms with van der Waals surface area (Å²) >= 11 is 0. The highest BCUT2D eigenvalue weighted by atomic mass is 19.1. The summed E-state index contributed by atoms with van der Waals surface area (Å²) in [6.07, 6.45) is 6.46. The number of hydrogen-bond acceptors (Lipinski definition) is 12. The predicted molar refractivity (Wildman–Crippen MR) is 243 cm³/mol. The van der Waals surface area contributed by atoms with Gasteiger partial charge in [-0.25, -0.2) is 8.78 Å². The number of halogens is 2. The van der Waals surface area contributed by atoms with Crippen molar-refractivity contribution in [1.82, 2.24) is 10.2 Å². The normalized spacial score (nSPS) is 34.2. The first-order valence-corrected chi connectivity index (χ1v) is 25.2. The van der Waals surface area contributed by atoms with E-state index in [9.17, 15) is 29.4 Å². The molecule has 14 heteroatoms. The number of carbonyl (C=O) groups is 4. The zero-order valence-corrected chi connectivity index (χ0v) is 38.3. The van der Waals surface area contributed by atoms with E-state index in [0.717, 1.165) is 60.4 Å². The molecule has 3 aliphatic heterocycles. The summed E-state index contributed by atoms with van der Waals surface area (Å²) in [5.41, 5.74) is -0.352. The summed E-state index contributed by atoms with van der Waals surface area (Å²) < 4.78 is 56.3. The van der Waals surface area contributed by atoms with E-state index in [-0.39, 0.29) is 88.6 Å². The zero-order chi connectivity index (χ0) is 46.9. The molecule has 1 unspecified atom stereocenters. The van der Waals surface area contributed by atoms with Gasteiger partial charge in [0.1, 0.15) is 11.6 Å². The number of benzene rings is 4. The first-order chi connectivity index (χ1) is 33.3. The van der Waals surface area contributed by atoms with Crippen molar-refractivity contribution in [3.8, 4) is 23.0 Å². The number of aliphatic hydroxyl groups is 2. The van der Waals surface area contributed by atoms with Crippen molar-refractivity contribution in [3.05, 3.63) is 93.5 Å². The maximum absolute atomic E-state index is 15.7. The molecule has 1 saturated heterocycles. The van der Waals surface area contributed by atoms with Gasteiger partial charge < -0.3 is 34.5 Å². The smallest absolute Gasteiger partial charge is 0.315 e. The number of nitrogens with one attached hydrogen (secondary N) is 1. The van der Waals surface area contributed by atoms with Crippen LogP contribution in [-0.4, -0.2) is 93.7 Å². The van der Waals surface area contributed by atoms with Gasteiger partial charge in [0.05, 0.1) is 40.3 Å². The maximum atomic E-state index is 15.7. The van der Waals surface area contributed by atoms with E-state index in [2.05, 4.69) is 10.2 Å². The SMILES string of the molecule is O=C(Cc1cc(F)c2c(F)cc(CC(=O)Oc3ccc4c5c3O[C@H]3C(=O)CC[C@@]6(O)[C@@H](C4)N(CC4CC4)CC[C@]536)cc2c1)Oc1ccc2c3c1O[C@H]1C(=O)CC[C@@]4(O)[C@@H](C2)C(NCC2CC2)CC[C@]314. The average Bonchev–Trinajstić information content (AvgIpc) is 4.24. The summed E-state index contributed by atoms with van der Waals surface area (Å²) in [6, 6.07) is 12.3. The Labute approximate surface area is 397 Å². The number of fused-ring (bicyclic) bond motifs is 1. The van der Waals surface area contributed by atoms with Gasteiger partial charge in [0.25, 0.3) is 0 Å². The molecule has 14 rings (SSSR count). The Hall–Kier alpha value is -5.28. The van der Waals surface area contributed by atoms with Crippen LogP contribution in [0.3, 0.4) is 0 Å². The standard InChI is InChI=1S/C55H54F2N2O10/c56-35-19-29(21-43(62)66-40-7-5-31-23-34-37(58-25-27-1-2-27)9-12-52-46(31)48(40)68-50(52)38(60)10-13-54(34,52)64)17-33-18-30(20-36(57)45(33)35)22-44(63)67-41-8-6-32-24-42-55(65)14-11-39(61)51-53(55,47(32)49(41)69-51)15-16-59(42)26-28-3-4-28/h5-8,17-20,27-28,34,37,42,50-51,58,64-65H,1-4,9-16,21-26H2/t34-,37?,42+,50-,51-,52-,53-,54+,55+/m0/s1. The molecule has 358 valence electrons. The van der Waals surface area contributed by atoms with Crippen LogP contribution in [0.4, 0.5) is 8.78 Å². The van der Waals surface area contributed by atoms with Crippen LogP contribution in [0.1, 0.15) is 104 Å². The highest BCUT2D eigenvalue weighted by Crippen LogP contribution is 2.68. The van der Waals surface area contributed by atoms with E-state index >= 15 is 8.78 Å². The lowest BCUT2D eigenvalue weighted by Gasteiger charge is -2.62. The predicted octanol–water partition coefficient (Wildman–Crippen LogP) is 5.97. The molecule has 9 atom stereocenters. The molecule has 0 radical (unpaired) electrons. The van der Waals surface area contributed by atoms with Crippen molar-refractivity contribution >= 4 is 34.3 Å². The Bertz CT molecular complexity index is 2990. The number of nitrogens with zero attached hydrogens (tertiary/aromatic N) is 1. The highest BCUT2D eigenvalue weighted by molar-refractivity contribution is 5.92. The first-order valence-electron chi connectivity index (χ1n) is 25.2. The van der Waals surface area contributed by atoms with Crippen LogP contribution in [0.15, 0.2) is 48.5 Å². The number of piperidine rings is 1. The van der Waals surface area contributed by atoms with E-state index in [4.69, 9.17) is 18.9 Å². The highest BCUT2D eigenvalue weighted by Gasteiger charge is 2.75. The number of carbonyl (C=O) groups excluding carboxylic acids is 4. The number of likely N-dealkylation sites (tertiary alicyclic amines) is 1. The van der Waals surface area contributed by atoms with Crippen molar-refractivity contribution < 1.29 is 57.1 Å². The molecule has 3 N–H and O–H groups in total. The van der Waals surface area contributed by atoms with Crippen molar-refractivity contribution in [2.24, 2.45) is 17.8 Å². The molecule has 12 nitrogen and oxygen atoms in total. The summed E-state index contributed by atoms with van der Waals surface area (Å²) in [5, 5.41) is 28.9. The molecule has 7 aliphatic carbocycles. The third kappa shape index (κ3) is 5.92. The monoisotopic (exact) mass is 940 g/mol. The number of ether oxygens (including phenoxy) is 4. The van der Waals surface area contributed by atoms with Gasteiger partial charge in [0.2, 0.25) is 0 Å². The molecule has 2 spiro atoms. The minimum Gasteiger partial charge on any atom is -0.477 e. The third-order valence-electron chi connectivity index (χ3n) is 18.7. The fourth-order valence-electron chi connectivity index (χ4n) is 15.3. The molecule has 4 bridgehead atoms. The van der Waals surface area contributed by atoms with Crippen LogP contribution < -0.4 is 24.3 Å². The fraction of sp³-hybridized carbons (Fsp3) is 0.527. The molecular weight excluding hydrogens is 887 g/mol. The minimum absolute atomic E-state index is 0.0749. The molecule has 4 aromatic rings. The van der Waals surface area contributed by atoms with Gasteiger partial charge in [-0.2, -0.15) is 0 Å². The van der Waals surface area contributed by atoms with Gasteiger partial charge in [-0.1, -0.05) is 24.3 Å². The van der Waals surface area contributed by atoms with Crippen LogP contribution in [-0.2, 0) is 55.7 Å². The first kappa shape index (κ1) is 42.6. The third-order valence-corrected chi connectivity index (χ3v) is 18.7. The molecular formula is C55H54F2N2O10. The Balaban J connectivity index is 0.707. The Morgan fingerprint density at radius 1 is 0.710 bits per heavy atom. The van der Waals surface area contributed by atoms with E-state index in [1.165, 1.54) is 37.8 Å². The van der Waals surface area contributed by atoms with Crippen LogP contribution >= 0.6 is 0 Å². The van der Waals surface area contributed by atoms with Gasteiger partial charge in [-0.05, 0) is 147 Å². The summed E-state index contributed by atoms with van der Waals surface area (Å²) in [5.74, 6) is -1.32. The Kier molecular flexibility index (Phi) is 9.04. The van der Waals surface area contributed by atoms with Crippen molar-refractivity contribution in [2.75, 3.05) is 19.6 Å². The van der Waals surface area contributed by atoms with Crippen molar-refractivity contribution in [2.45, 2.75) is 143 Å². The van der Waals surface area contributed by atoms with Crippen molar-refractivity contribution in [3.63, 3.8) is 0 Å².